The maximum absolute atomic E-state index is 14.3. The number of anilines is 3. The van der Waals surface area contributed by atoms with Crippen molar-refractivity contribution in [1.82, 2.24) is 0 Å². The molecule has 0 radical (unpaired) electrons. The predicted octanol–water partition coefficient (Wildman–Crippen LogP) is 7.68. The lowest BCUT2D eigenvalue weighted by atomic mass is 9.79. The zero-order chi connectivity index (χ0) is 45.5. The second-order valence-corrected chi connectivity index (χ2v) is 20.7. The van der Waals surface area contributed by atoms with Crippen LogP contribution in [0.1, 0.15) is 96.5 Å². The molecule has 346 valence electrons. The lowest BCUT2D eigenvalue weighted by Crippen LogP contribution is -2.55. The number of aliphatic hydroxyl groups is 1. The number of allylic oxidation sites excluding steroid dienone is 2. The number of nitrogens with one attached hydrogen (secondary N) is 3. The number of hydrogen-bond acceptors (Lipinski definition) is 14. The molecule has 0 spiro atoms. The Morgan fingerprint density at radius 1 is 0.594 bits per heavy atom. The number of ketones is 1. The van der Waals surface area contributed by atoms with Crippen LogP contribution in [0.4, 0.5) is 17.1 Å². The third-order valence-electron chi connectivity index (χ3n) is 12.2. The van der Waals surface area contributed by atoms with Gasteiger partial charge >= 0.3 is 0 Å². The lowest BCUT2D eigenvalue weighted by Gasteiger charge is -2.40. The van der Waals surface area contributed by atoms with E-state index < -0.39 is 44.8 Å². The van der Waals surface area contributed by atoms with Crippen molar-refractivity contribution in [3.8, 4) is 0 Å². The van der Waals surface area contributed by atoms with Crippen molar-refractivity contribution in [3.63, 3.8) is 0 Å². The van der Waals surface area contributed by atoms with E-state index in [2.05, 4.69) is 29.8 Å². The summed E-state index contributed by atoms with van der Waals surface area (Å²) in [7, 11) is -4.75. The topological polar surface area (TPSA) is 191 Å². The van der Waals surface area contributed by atoms with Gasteiger partial charge in [-0.3, -0.25) is 18.2 Å². The number of benzene rings is 4. The van der Waals surface area contributed by atoms with E-state index in [1.165, 1.54) is 0 Å². The average Bonchev–Trinajstić information content (AvgIpc) is 3.27. The van der Waals surface area contributed by atoms with Crippen LogP contribution in [0.3, 0.4) is 0 Å². The fraction of sp³-hybridized carbons (Fsp3) is 0.500. The first-order valence-electron chi connectivity index (χ1n) is 22.6. The number of carbonyl (C=O) groups excluding carboxylic acids is 1. The number of Topliss-reactive ketones (excluding diaryl/α,β-unsaturated/α-hetero) is 1. The predicted molar refractivity (Wildman–Crippen MR) is 253 cm³/mol. The zero-order valence-corrected chi connectivity index (χ0v) is 39.0. The van der Waals surface area contributed by atoms with Crippen LogP contribution in [0.2, 0.25) is 0 Å². The third kappa shape index (κ3) is 10.3. The van der Waals surface area contributed by atoms with Gasteiger partial charge in [-0.25, -0.2) is 0 Å². The second-order valence-electron chi connectivity index (χ2n) is 17.2. The Morgan fingerprint density at radius 2 is 1.12 bits per heavy atom. The number of unbranched alkanes of at least 4 members (excludes halogenated alkanes) is 10. The van der Waals surface area contributed by atoms with Crippen molar-refractivity contribution in [2.45, 2.75) is 102 Å². The number of ether oxygens (including phenoxy) is 2. The van der Waals surface area contributed by atoms with E-state index in [-0.39, 0.29) is 34.2 Å². The molecule has 4 aromatic rings. The van der Waals surface area contributed by atoms with Gasteiger partial charge in [0.05, 0.1) is 41.2 Å². The molecule has 0 fully saturated rings. The minimum absolute atomic E-state index is 0.140. The summed E-state index contributed by atoms with van der Waals surface area (Å²) in [5.41, 5.74) is 0.757. The molecule has 16 heteroatoms. The zero-order valence-electron chi connectivity index (χ0n) is 37.4. The number of methoxy groups -OCH3 is 2. The monoisotopic (exact) mass is 918 g/mol. The highest BCUT2D eigenvalue weighted by Crippen LogP contribution is 2.45. The summed E-state index contributed by atoms with van der Waals surface area (Å²) in [6.07, 6.45) is 10.7. The molecule has 2 heterocycles. The van der Waals surface area contributed by atoms with Crippen LogP contribution in [0, 0.1) is 0 Å². The van der Waals surface area contributed by atoms with Crippen LogP contribution in [0.25, 0.3) is 32.7 Å². The van der Waals surface area contributed by atoms with E-state index >= 15 is 0 Å². The van der Waals surface area contributed by atoms with Crippen LogP contribution < -0.4 is 26.5 Å². The van der Waals surface area contributed by atoms with E-state index in [4.69, 9.17) is 22.8 Å². The SMILES string of the molecule is CCCCCCCCS(=O)(=O)OCC1(COS(=O)(=O)CCCCCCCC)N=c2cc/c(=C3\C(=O)C(c4ccc5c6c(cccc46)NC(COC)(COC)N5)=C3O)c3cccc(c23)N1. The van der Waals surface area contributed by atoms with E-state index in [1.54, 1.807) is 38.5 Å². The van der Waals surface area contributed by atoms with Gasteiger partial charge in [0.2, 0.25) is 5.78 Å². The molecule has 7 rings (SSSR count). The van der Waals surface area contributed by atoms with Gasteiger partial charge < -0.3 is 30.5 Å². The molecule has 4 N–H and O–H groups in total. The summed E-state index contributed by atoms with van der Waals surface area (Å²) in [5, 5.41) is 25.9. The summed E-state index contributed by atoms with van der Waals surface area (Å²) in [6.45, 7) is 3.86. The van der Waals surface area contributed by atoms with Crippen molar-refractivity contribution in [2.75, 3.05) is 68.1 Å². The summed E-state index contributed by atoms with van der Waals surface area (Å²) < 4.78 is 75.1. The number of carbonyl (C=O) groups is 1. The van der Waals surface area contributed by atoms with Gasteiger partial charge in [0, 0.05) is 42.1 Å². The van der Waals surface area contributed by atoms with Crippen LogP contribution in [0.15, 0.2) is 71.4 Å². The summed E-state index contributed by atoms with van der Waals surface area (Å²) in [4.78, 5) is 19.2. The Labute approximate surface area is 376 Å². The smallest absolute Gasteiger partial charge is 0.267 e. The standard InChI is InChI=1S/C48H62N4O10S2/c1-5-7-9-11-13-15-27-63(55,56)61-31-48(32-62-64(57,58)28-16-14-12-10-8-6-2)50-38-22-18-20-34-36(24-26-40(52-48)42(34)38)44-45(53)43(46(44)54)35-23-25-39-41-33(35)19-17-21-37(41)49-47(51-39,29-59-3)30-60-4/h17-26,49-51,53H,5-16,27-32H2,1-4H3/b44-36+. The van der Waals surface area contributed by atoms with Crippen molar-refractivity contribution in [1.29, 1.82) is 0 Å². The van der Waals surface area contributed by atoms with Crippen LogP contribution >= 0.6 is 0 Å². The molecule has 0 saturated heterocycles. The van der Waals surface area contributed by atoms with Crippen molar-refractivity contribution < 1.29 is 44.6 Å². The number of aliphatic hydroxyl groups excluding tert-OH is 1. The molecule has 4 aromatic carbocycles. The first kappa shape index (κ1) is 47.4. The molecule has 0 atom stereocenters. The molecule has 0 bridgehead atoms. The van der Waals surface area contributed by atoms with Crippen molar-refractivity contribution in [3.05, 3.63) is 82.6 Å². The fourth-order valence-corrected chi connectivity index (χ4v) is 11.2. The van der Waals surface area contributed by atoms with E-state index in [0.717, 1.165) is 86.4 Å². The van der Waals surface area contributed by atoms with Gasteiger partial charge in [0.25, 0.3) is 20.2 Å². The van der Waals surface area contributed by atoms with Gasteiger partial charge in [-0.15, -0.1) is 0 Å². The molecular formula is C48H62N4O10S2. The maximum atomic E-state index is 14.3. The molecule has 0 aromatic heterocycles. The van der Waals surface area contributed by atoms with Crippen molar-refractivity contribution in [2.24, 2.45) is 4.99 Å². The Morgan fingerprint density at radius 3 is 1.69 bits per heavy atom. The van der Waals surface area contributed by atoms with Gasteiger partial charge in [-0.1, -0.05) is 114 Å². The Bertz CT molecular complexity index is 2690. The molecule has 64 heavy (non-hydrogen) atoms. The lowest BCUT2D eigenvalue weighted by molar-refractivity contribution is -0.109. The number of rotatable bonds is 25. The van der Waals surface area contributed by atoms with Gasteiger partial charge in [-0.2, -0.15) is 16.8 Å². The molecule has 0 unspecified atom stereocenters. The first-order valence-corrected chi connectivity index (χ1v) is 25.7. The molecule has 14 nitrogen and oxygen atoms in total. The Hall–Kier alpha value is -4.58. The maximum Gasteiger partial charge on any atom is 0.267 e. The molecular weight excluding hydrogens is 857 g/mol. The average molecular weight is 919 g/mol. The Balaban J connectivity index is 1.22. The van der Waals surface area contributed by atoms with Crippen LogP contribution in [-0.4, -0.2) is 91.2 Å². The van der Waals surface area contributed by atoms with Gasteiger partial charge in [0.15, 0.2) is 11.3 Å². The molecule has 0 amide bonds. The minimum atomic E-state index is -4.00. The normalized spacial score (nSPS) is 17.2. The summed E-state index contributed by atoms with van der Waals surface area (Å²) in [5.74, 6) is -0.816. The quantitative estimate of drug-likeness (QED) is 0.0375. The third-order valence-corrected chi connectivity index (χ3v) is 14.7. The largest absolute Gasteiger partial charge is 0.506 e. The number of nitrogens with zero attached hydrogens (tertiary/aromatic N) is 1. The summed E-state index contributed by atoms with van der Waals surface area (Å²) >= 11 is 0. The van der Waals surface area contributed by atoms with E-state index in [0.29, 0.717) is 58.7 Å². The van der Waals surface area contributed by atoms with Crippen LogP contribution in [0.5, 0.6) is 0 Å². The molecule has 1 aliphatic carbocycles. The van der Waals surface area contributed by atoms with Crippen LogP contribution in [-0.2, 0) is 42.9 Å². The van der Waals surface area contributed by atoms with E-state index in [1.807, 2.05) is 36.4 Å². The number of hydrogen-bond donors (Lipinski definition) is 4. The fourth-order valence-electron chi connectivity index (χ4n) is 9.06. The molecule has 2 aliphatic heterocycles. The highest BCUT2D eigenvalue weighted by atomic mass is 32.2. The highest BCUT2D eigenvalue weighted by molar-refractivity contribution is 7.87. The summed E-state index contributed by atoms with van der Waals surface area (Å²) in [6, 6.07) is 18.2. The minimum Gasteiger partial charge on any atom is -0.506 e. The highest BCUT2D eigenvalue weighted by Gasteiger charge is 2.41. The van der Waals surface area contributed by atoms with Gasteiger partial charge in [0.1, 0.15) is 19.0 Å². The Kier molecular flexibility index (Phi) is 15.0. The molecule has 0 saturated carbocycles. The van der Waals surface area contributed by atoms with Crippen molar-refractivity contribution >= 4 is 75.8 Å². The van der Waals surface area contributed by atoms with E-state index in [9.17, 15) is 26.7 Å². The molecule has 3 aliphatic rings. The second kappa shape index (κ2) is 20.3. The van der Waals surface area contributed by atoms with Gasteiger partial charge in [-0.05, 0) is 58.7 Å². The first-order chi connectivity index (χ1) is 30.8.